The summed E-state index contributed by atoms with van der Waals surface area (Å²) in [6, 6.07) is 6.27. The number of phenols is 1. The third-order valence-corrected chi connectivity index (χ3v) is 1.92. The lowest BCUT2D eigenvalue weighted by atomic mass is 10.3. The molecule has 2 amide bonds. The van der Waals surface area contributed by atoms with Gasteiger partial charge in [0, 0.05) is 25.3 Å². The molecule has 1 aromatic carbocycles. The van der Waals surface area contributed by atoms with Crippen LogP contribution in [-0.2, 0) is 0 Å². The van der Waals surface area contributed by atoms with Crippen LogP contribution in [0.1, 0.15) is 6.92 Å². The average Bonchev–Trinajstić information content (AvgIpc) is 2.16. The van der Waals surface area contributed by atoms with Crippen molar-refractivity contribution in [2.45, 2.75) is 6.92 Å². The molecule has 76 valence electrons. The second kappa shape index (κ2) is 4.50. The van der Waals surface area contributed by atoms with Crippen LogP contribution in [0.4, 0.5) is 10.5 Å². The first-order valence-corrected chi connectivity index (χ1v) is 4.44. The van der Waals surface area contributed by atoms with Gasteiger partial charge in [-0.1, -0.05) is 6.07 Å². The minimum Gasteiger partial charge on any atom is -0.508 e. The van der Waals surface area contributed by atoms with Crippen LogP contribution in [-0.4, -0.2) is 29.6 Å². The molecule has 0 fully saturated rings. The van der Waals surface area contributed by atoms with Crippen molar-refractivity contribution in [3.63, 3.8) is 0 Å². The summed E-state index contributed by atoms with van der Waals surface area (Å²) in [5, 5.41) is 11.8. The lowest BCUT2D eigenvalue weighted by Crippen LogP contribution is -2.30. The number of nitrogens with one attached hydrogen (secondary N) is 1. The number of rotatable bonds is 2. The molecule has 14 heavy (non-hydrogen) atoms. The highest BCUT2D eigenvalue weighted by atomic mass is 16.3. The smallest absolute Gasteiger partial charge is 0.321 e. The molecule has 0 aliphatic rings. The fraction of sp³-hybridized carbons (Fsp3) is 0.300. The molecule has 0 aliphatic carbocycles. The number of carbonyl (C=O) groups excluding carboxylic acids is 1. The summed E-state index contributed by atoms with van der Waals surface area (Å²) in [5.74, 6) is 0.141. The molecule has 4 heteroatoms. The van der Waals surface area contributed by atoms with Crippen molar-refractivity contribution in [3.8, 4) is 5.75 Å². The molecule has 0 unspecified atom stereocenters. The van der Waals surface area contributed by atoms with Crippen LogP contribution in [0.15, 0.2) is 24.3 Å². The largest absolute Gasteiger partial charge is 0.508 e. The highest BCUT2D eigenvalue weighted by Crippen LogP contribution is 2.15. The summed E-state index contributed by atoms with van der Waals surface area (Å²) in [5.41, 5.74) is 0.593. The van der Waals surface area contributed by atoms with E-state index < -0.39 is 0 Å². The van der Waals surface area contributed by atoms with E-state index >= 15 is 0 Å². The molecule has 0 radical (unpaired) electrons. The quantitative estimate of drug-likeness (QED) is 0.755. The summed E-state index contributed by atoms with van der Waals surface area (Å²) in [6.07, 6.45) is 0. The minimum absolute atomic E-state index is 0.141. The maximum atomic E-state index is 11.4. The van der Waals surface area contributed by atoms with Crippen LogP contribution in [0, 0.1) is 0 Å². The first kappa shape index (κ1) is 10.4. The molecule has 2 N–H and O–H groups in total. The molecule has 0 aliphatic heterocycles. The Kier molecular flexibility index (Phi) is 3.34. The van der Waals surface area contributed by atoms with Crippen LogP contribution >= 0.6 is 0 Å². The Balaban J connectivity index is 2.65. The summed E-state index contributed by atoms with van der Waals surface area (Å²) >= 11 is 0. The Labute approximate surface area is 83.2 Å². The Morgan fingerprint density at radius 3 is 2.86 bits per heavy atom. The molecule has 0 atom stereocenters. The Morgan fingerprint density at radius 1 is 1.57 bits per heavy atom. The van der Waals surface area contributed by atoms with E-state index in [-0.39, 0.29) is 11.8 Å². The topological polar surface area (TPSA) is 52.6 Å². The molecule has 1 aromatic rings. The predicted octanol–water partition coefficient (Wildman–Crippen LogP) is 1.88. The van der Waals surface area contributed by atoms with Gasteiger partial charge in [-0.3, -0.25) is 0 Å². The van der Waals surface area contributed by atoms with Gasteiger partial charge in [-0.2, -0.15) is 0 Å². The molecule has 0 bridgehead atoms. The molecule has 0 saturated carbocycles. The summed E-state index contributed by atoms with van der Waals surface area (Å²) in [6.45, 7) is 2.53. The zero-order valence-electron chi connectivity index (χ0n) is 8.32. The van der Waals surface area contributed by atoms with Crippen molar-refractivity contribution in [2.24, 2.45) is 0 Å². The SMILES string of the molecule is CCN(C)C(=O)Nc1cccc(O)c1. The van der Waals surface area contributed by atoms with Gasteiger partial charge in [0.05, 0.1) is 0 Å². The van der Waals surface area contributed by atoms with Gasteiger partial charge in [0.25, 0.3) is 0 Å². The zero-order valence-corrected chi connectivity index (χ0v) is 8.32. The standard InChI is InChI=1S/C10H14N2O2/c1-3-12(2)10(14)11-8-5-4-6-9(13)7-8/h4-7,13H,3H2,1-2H3,(H,11,14). The van der Waals surface area contributed by atoms with Gasteiger partial charge >= 0.3 is 6.03 Å². The van der Waals surface area contributed by atoms with Gasteiger partial charge in [-0.15, -0.1) is 0 Å². The van der Waals surface area contributed by atoms with Crippen LogP contribution < -0.4 is 5.32 Å². The highest BCUT2D eigenvalue weighted by molar-refractivity contribution is 5.89. The van der Waals surface area contributed by atoms with E-state index in [0.717, 1.165) is 0 Å². The second-order valence-electron chi connectivity index (χ2n) is 2.99. The number of phenolic OH excluding ortho intramolecular Hbond substituents is 1. The van der Waals surface area contributed by atoms with Gasteiger partial charge in [0.15, 0.2) is 0 Å². The van der Waals surface area contributed by atoms with Gasteiger partial charge in [0.1, 0.15) is 5.75 Å². The van der Waals surface area contributed by atoms with E-state index in [2.05, 4.69) is 5.32 Å². The highest BCUT2D eigenvalue weighted by Gasteiger charge is 2.05. The van der Waals surface area contributed by atoms with Crippen molar-refractivity contribution < 1.29 is 9.90 Å². The first-order chi connectivity index (χ1) is 6.63. The van der Waals surface area contributed by atoms with Gasteiger partial charge in [-0.05, 0) is 19.1 Å². The van der Waals surface area contributed by atoms with Crippen LogP contribution in [0.2, 0.25) is 0 Å². The molecule has 0 saturated heterocycles. The van der Waals surface area contributed by atoms with Crippen LogP contribution in [0.25, 0.3) is 0 Å². The van der Waals surface area contributed by atoms with Crippen molar-refractivity contribution in [1.82, 2.24) is 4.90 Å². The normalized spacial score (nSPS) is 9.57. The predicted molar refractivity (Wildman–Crippen MR) is 55.4 cm³/mol. The maximum absolute atomic E-state index is 11.4. The van der Waals surface area contributed by atoms with Crippen LogP contribution in [0.5, 0.6) is 5.75 Å². The fourth-order valence-electron chi connectivity index (χ4n) is 0.946. The molecule has 1 rings (SSSR count). The fourth-order valence-corrected chi connectivity index (χ4v) is 0.946. The number of benzene rings is 1. The average molecular weight is 194 g/mol. The zero-order chi connectivity index (χ0) is 10.6. The second-order valence-corrected chi connectivity index (χ2v) is 2.99. The lowest BCUT2D eigenvalue weighted by molar-refractivity contribution is 0.224. The monoisotopic (exact) mass is 194 g/mol. The number of aromatic hydroxyl groups is 1. The molecular formula is C10H14N2O2. The molecule has 0 heterocycles. The summed E-state index contributed by atoms with van der Waals surface area (Å²) in [7, 11) is 1.71. The van der Waals surface area contributed by atoms with E-state index in [1.807, 2.05) is 6.92 Å². The number of carbonyl (C=O) groups is 1. The van der Waals surface area contributed by atoms with Crippen LogP contribution in [0.3, 0.4) is 0 Å². The lowest BCUT2D eigenvalue weighted by Gasteiger charge is -2.15. The summed E-state index contributed by atoms with van der Waals surface area (Å²) < 4.78 is 0. The minimum atomic E-state index is -0.182. The van der Waals surface area contributed by atoms with Gasteiger partial charge in [0.2, 0.25) is 0 Å². The number of hydrogen-bond acceptors (Lipinski definition) is 2. The number of hydrogen-bond donors (Lipinski definition) is 2. The van der Waals surface area contributed by atoms with Crippen molar-refractivity contribution >= 4 is 11.7 Å². The number of nitrogens with zero attached hydrogens (tertiary/aromatic N) is 1. The van der Waals surface area contributed by atoms with E-state index in [1.54, 1.807) is 30.1 Å². The number of anilines is 1. The molecule has 0 aromatic heterocycles. The Hall–Kier alpha value is -1.71. The first-order valence-electron chi connectivity index (χ1n) is 4.44. The number of urea groups is 1. The Bertz CT molecular complexity index is 326. The maximum Gasteiger partial charge on any atom is 0.321 e. The summed E-state index contributed by atoms with van der Waals surface area (Å²) in [4.78, 5) is 12.9. The van der Waals surface area contributed by atoms with E-state index in [1.165, 1.54) is 6.07 Å². The Morgan fingerprint density at radius 2 is 2.29 bits per heavy atom. The molecule has 0 spiro atoms. The van der Waals surface area contributed by atoms with E-state index in [0.29, 0.717) is 12.2 Å². The number of amides is 2. The third kappa shape index (κ3) is 2.65. The van der Waals surface area contributed by atoms with Crippen molar-refractivity contribution in [1.29, 1.82) is 0 Å². The van der Waals surface area contributed by atoms with Crippen molar-refractivity contribution in [2.75, 3.05) is 18.9 Å². The third-order valence-electron chi connectivity index (χ3n) is 1.92. The molecule has 4 nitrogen and oxygen atoms in total. The van der Waals surface area contributed by atoms with E-state index in [4.69, 9.17) is 5.11 Å². The van der Waals surface area contributed by atoms with Gasteiger partial charge < -0.3 is 15.3 Å². The van der Waals surface area contributed by atoms with E-state index in [9.17, 15) is 4.79 Å². The van der Waals surface area contributed by atoms with Gasteiger partial charge in [-0.25, -0.2) is 4.79 Å². The molecular weight excluding hydrogens is 180 g/mol. The van der Waals surface area contributed by atoms with Crippen molar-refractivity contribution in [3.05, 3.63) is 24.3 Å².